The molecule has 0 spiro atoms. The van der Waals surface area contributed by atoms with Crippen molar-refractivity contribution in [3.8, 4) is 11.5 Å². The smallest absolute Gasteiger partial charge is 0.325 e. The highest BCUT2D eigenvalue weighted by molar-refractivity contribution is 5.96. The molecule has 2 N–H and O–H groups in total. The molecular formula is C22H24N2O6. The molecule has 2 aromatic rings. The van der Waals surface area contributed by atoms with E-state index in [1.165, 1.54) is 11.6 Å². The molecule has 2 amide bonds. The first kappa shape index (κ1) is 21.2. The summed E-state index contributed by atoms with van der Waals surface area (Å²) >= 11 is 0. The van der Waals surface area contributed by atoms with Crippen molar-refractivity contribution in [1.29, 1.82) is 0 Å². The molecule has 0 aromatic heterocycles. The highest BCUT2D eigenvalue weighted by atomic mass is 16.7. The summed E-state index contributed by atoms with van der Waals surface area (Å²) in [6.07, 6.45) is 0. The fraction of sp³-hybridized carbons (Fsp3) is 0.318. The van der Waals surface area contributed by atoms with E-state index in [1.54, 1.807) is 12.1 Å². The molecule has 8 heteroatoms. The number of esters is 1. The van der Waals surface area contributed by atoms with Crippen LogP contribution < -0.4 is 20.1 Å². The Bertz CT molecular complexity index is 972. The molecule has 0 fully saturated rings. The lowest BCUT2D eigenvalue weighted by atomic mass is 10.0. The molecule has 3 rings (SSSR count). The van der Waals surface area contributed by atoms with Gasteiger partial charge in [-0.2, -0.15) is 0 Å². The topological polar surface area (TPSA) is 103 Å². The molecule has 2 aromatic carbocycles. The third-order valence-electron chi connectivity index (χ3n) is 4.80. The summed E-state index contributed by atoms with van der Waals surface area (Å²) in [4.78, 5) is 36.0. The molecule has 1 aliphatic heterocycles. The summed E-state index contributed by atoms with van der Waals surface area (Å²) in [6, 6.07) is 10.5. The van der Waals surface area contributed by atoms with Gasteiger partial charge in [0, 0.05) is 5.56 Å². The monoisotopic (exact) mass is 412 g/mol. The summed E-state index contributed by atoms with van der Waals surface area (Å²) in [6.45, 7) is 5.22. The van der Waals surface area contributed by atoms with E-state index in [9.17, 15) is 14.4 Å². The second-order valence-electron chi connectivity index (χ2n) is 7.04. The first-order valence-corrected chi connectivity index (χ1v) is 9.53. The first-order chi connectivity index (χ1) is 14.3. The van der Waals surface area contributed by atoms with Crippen LogP contribution in [0.2, 0.25) is 0 Å². The van der Waals surface area contributed by atoms with Gasteiger partial charge in [0.15, 0.2) is 18.1 Å². The van der Waals surface area contributed by atoms with Crippen molar-refractivity contribution in [3.63, 3.8) is 0 Å². The third kappa shape index (κ3) is 5.28. The van der Waals surface area contributed by atoms with Crippen LogP contribution in [-0.2, 0) is 14.3 Å². The average molecular weight is 412 g/mol. The van der Waals surface area contributed by atoms with Gasteiger partial charge in [0.05, 0.1) is 6.04 Å². The number of hydrogen-bond acceptors (Lipinski definition) is 6. The van der Waals surface area contributed by atoms with Gasteiger partial charge in [-0.25, -0.2) is 0 Å². The number of aryl methyl sites for hydroxylation is 2. The molecule has 0 radical (unpaired) electrons. The Hall–Kier alpha value is -3.55. The predicted molar refractivity (Wildman–Crippen MR) is 108 cm³/mol. The number of benzene rings is 2. The molecule has 1 heterocycles. The van der Waals surface area contributed by atoms with Gasteiger partial charge >= 0.3 is 5.97 Å². The maximum absolute atomic E-state index is 12.1. The molecule has 1 aliphatic rings. The second kappa shape index (κ2) is 9.30. The standard InChI is InChI=1S/C22H24N2O6/c1-13-4-5-16(8-14(13)2)15(3)24-20(25)11-28-21(26)10-23-22(27)17-6-7-18-19(9-17)30-12-29-18/h4-9,15H,10-12H2,1-3H3,(H,23,27)(H,24,25)/t15-/m0/s1. The van der Waals surface area contributed by atoms with Gasteiger partial charge in [0.25, 0.3) is 11.8 Å². The summed E-state index contributed by atoms with van der Waals surface area (Å²) < 4.78 is 15.3. The van der Waals surface area contributed by atoms with Crippen molar-refractivity contribution < 1.29 is 28.6 Å². The molecule has 0 saturated carbocycles. The lowest BCUT2D eigenvalue weighted by Crippen LogP contribution is -2.34. The number of rotatable bonds is 7. The number of fused-ring (bicyclic) bond motifs is 1. The lowest BCUT2D eigenvalue weighted by Gasteiger charge is -2.16. The van der Waals surface area contributed by atoms with Gasteiger partial charge in [0.1, 0.15) is 6.54 Å². The Kier molecular flexibility index (Phi) is 6.56. The van der Waals surface area contributed by atoms with E-state index >= 15 is 0 Å². The molecule has 158 valence electrons. The zero-order chi connectivity index (χ0) is 21.7. The fourth-order valence-corrected chi connectivity index (χ4v) is 2.89. The van der Waals surface area contributed by atoms with E-state index in [4.69, 9.17) is 14.2 Å². The molecule has 0 unspecified atom stereocenters. The van der Waals surface area contributed by atoms with Crippen LogP contribution in [0.3, 0.4) is 0 Å². The van der Waals surface area contributed by atoms with Crippen molar-refractivity contribution >= 4 is 17.8 Å². The van der Waals surface area contributed by atoms with Crippen LogP contribution in [0.25, 0.3) is 0 Å². The Morgan fingerprint density at radius 2 is 1.80 bits per heavy atom. The molecule has 0 saturated heterocycles. The van der Waals surface area contributed by atoms with Crippen molar-refractivity contribution in [2.24, 2.45) is 0 Å². The van der Waals surface area contributed by atoms with Crippen molar-refractivity contribution in [2.75, 3.05) is 19.9 Å². The molecule has 30 heavy (non-hydrogen) atoms. The summed E-state index contributed by atoms with van der Waals surface area (Å²) in [7, 11) is 0. The Morgan fingerprint density at radius 1 is 1.03 bits per heavy atom. The lowest BCUT2D eigenvalue weighted by molar-refractivity contribution is -0.147. The van der Waals surface area contributed by atoms with E-state index in [-0.39, 0.29) is 19.4 Å². The quantitative estimate of drug-likeness (QED) is 0.676. The van der Waals surface area contributed by atoms with Gasteiger partial charge in [-0.3, -0.25) is 14.4 Å². The number of ether oxygens (including phenoxy) is 3. The normalized spacial score (nSPS) is 12.8. The zero-order valence-corrected chi connectivity index (χ0v) is 17.1. The fourth-order valence-electron chi connectivity index (χ4n) is 2.89. The van der Waals surface area contributed by atoms with Gasteiger partial charge in [-0.1, -0.05) is 18.2 Å². The number of amides is 2. The van der Waals surface area contributed by atoms with Crippen LogP contribution in [0.5, 0.6) is 11.5 Å². The highest BCUT2D eigenvalue weighted by Crippen LogP contribution is 2.32. The second-order valence-corrected chi connectivity index (χ2v) is 7.04. The number of nitrogens with one attached hydrogen (secondary N) is 2. The first-order valence-electron chi connectivity index (χ1n) is 9.53. The van der Waals surface area contributed by atoms with Gasteiger partial charge in [0.2, 0.25) is 6.79 Å². The van der Waals surface area contributed by atoms with E-state index in [0.29, 0.717) is 17.1 Å². The average Bonchev–Trinajstić information content (AvgIpc) is 3.20. The maximum Gasteiger partial charge on any atom is 0.325 e. The van der Waals surface area contributed by atoms with E-state index in [0.717, 1.165) is 11.1 Å². The highest BCUT2D eigenvalue weighted by Gasteiger charge is 2.17. The minimum Gasteiger partial charge on any atom is -0.454 e. The number of carbonyl (C=O) groups excluding carboxylic acids is 3. The van der Waals surface area contributed by atoms with Gasteiger partial charge < -0.3 is 24.8 Å². The molecule has 8 nitrogen and oxygen atoms in total. The summed E-state index contributed by atoms with van der Waals surface area (Å²) in [5, 5.41) is 5.23. The molecule has 0 bridgehead atoms. The Morgan fingerprint density at radius 3 is 2.57 bits per heavy atom. The van der Waals surface area contributed by atoms with Crippen LogP contribution >= 0.6 is 0 Å². The van der Waals surface area contributed by atoms with E-state index in [1.807, 2.05) is 39.0 Å². The largest absolute Gasteiger partial charge is 0.454 e. The molecular weight excluding hydrogens is 388 g/mol. The summed E-state index contributed by atoms with van der Waals surface area (Å²) in [5.41, 5.74) is 3.60. The number of hydrogen-bond donors (Lipinski definition) is 2. The third-order valence-corrected chi connectivity index (χ3v) is 4.80. The minimum atomic E-state index is -0.710. The summed E-state index contributed by atoms with van der Waals surface area (Å²) in [5.74, 6) is -0.556. The Balaban J connectivity index is 1.41. The van der Waals surface area contributed by atoms with Gasteiger partial charge in [-0.15, -0.1) is 0 Å². The van der Waals surface area contributed by atoms with Crippen LogP contribution in [0, 0.1) is 13.8 Å². The number of carbonyl (C=O) groups is 3. The van der Waals surface area contributed by atoms with Crippen LogP contribution in [-0.4, -0.2) is 37.7 Å². The van der Waals surface area contributed by atoms with Crippen molar-refractivity contribution in [1.82, 2.24) is 10.6 Å². The zero-order valence-electron chi connectivity index (χ0n) is 17.1. The minimum absolute atomic E-state index is 0.108. The predicted octanol–water partition coefficient (Wildman–Crippen LogP) is 2.18. The molecule has 1 atom stereocenters. The van der Waals surface area contributed by atoms with Crippen LogP contribution in [0.1, 0.15) is 40.0 Å². The maximum atomic E-state index is 12.1. The van der Waals surface area contributed by atoms with Crippen LogP contribution in [0.15, 0.2) is 36.4 Å². The van der Waals surface area contributed by atoms with Crippen molar-refractivity contribution in [2.45, 2.75) is 26.8 Å². The molecule has 0 aliphatic carbocycles. The van der Waals surface area contributed by atoms with Crippen LogP contribution in [0.4, 0.5) is 0 Å². The van der Waals surface area contributed by atoms with E-state index in [2.05, 4.69) is 10.6 Å². The van der Waals surface area contributed by atoms with Crippen molar-refractivity contribution in [3.05, 3.63) is 58.7 Å². The Labute approximate surface area is 174 Å². The van der Waals surface area contributed by atoms with E-state index < -0.39 is 24.4 Å². The SMILES string of the molecule is Cc1ccc([C@H](C)NC(=O)COC(=O)CNC(=O)c2ccc3c(c2)OCO3)cc1C. The van der Waals surface area contributed by atoms with Gasteiger partial charge in [-0.05, 0) is 55.7 Å².